The van der Waals surface area contributed by atoms with Gasteiger partial charge in [-0.15, -0.1) is 0 Å². The second-order valence-electron chi connectivity index (χ2n) is 5.12. The molecule has 120 valence electrons. The highest BCUT2D eigenvalue weighted by Gasteiger charge is 2.07. The summed E-state index contributed by atoms with van der Waals surface area (Å²) in [4.78, 5) is 11.9. The molecule has 2 aromatic rings. The quantitative estimate of drug-likeness (QED) is 0.857. The van der Waals surface area contributed by atoms with Crippen molar-refractivity contribution in [1.29, 1.82) is 0 Å². The number of aryl methyl sites for hydroxylation is 2. The lowest BCUT2D eigenvalue weighted by Gasteiger charge is -2.09. The fourth-order valence-electron chi connectivity index (χ4n) is 2.24. The summed E-state index contributed by atoms with van der Waals surface area (Å²) in [6.45, 7) is 3.82. The van der Waals surface area contributed by atoms with Crippen molar-refractivity contribution in [3.8, 4) is 5.75 Å². The van der Waals surface area contributed by atoms with Gasteiger partial charge >= 0.3 is 0 Å². The van der Waals surface area contributed by atoms with Gasteiger partial charge in [-0.2, -0.15) is 0 Å². The molecule has 0 aliphatic rings. The highest BCUT2D eigenvalue weighted by atomic mass is 19.1. The van der Waals surface area contributed by atoms with Crippen LogP contribution in [0.1, 0.15) is 16.7 Å². The standard InChI is InChI=1S/C18H17F2NO2/c1-11-8-14(23-3)9-12(2)15(11)5-7-18(22)21-17-6-4-13(19)10-16(17)20/h4-10H,1-3H3,(H,21,22)/b7-5+. The number of methoxy groups -OCH3 is 1. The molecule has 0 unspecified atom stereocenters. The Labute approximate surface area is 133 Å². The average Bonchev–Trinajstić information content (AvgIpc) is 2.49. The van der Waals surface area contributed by atoms with E-state index in [2.05, 4.69) is 5.32 Å². The number of rotatable bonds is 4. The van der Waals surface area contributed by atoms with Crippen LogP contribution in [-0.4, -0.2) is 13.0 Å². The molecule has 3 nitrogen and oxygen atoms in total. The van der Waals surface area contributed by atoms with Crippen LogP contribution >= 0.6 is 0 Å². The Morgan fingerprint density at radius 2 is 1.78 bits per heavy atom. The SMILES string of the molecule is COc1cc(C)c(/C=C/C(=O)Nc2ccc(F)cc2F)c(C)c1. The van der Waals surface area contributed by atoms with E-state index in [1.54, 1.807) is 13.2 Å². The van der Waals surface area contributed by atoms with Gasteiger partial charge in [-0.3, -0.25) is 4.79 Å². The first kappa shape index (κ1) is 16.7. The zero-order valence-electron chi connectivity index (χ0n) is 13.1. The molecule has 0 saturated heterocycles. The van der Waals surface area contributed by atoms with E-state index in [1.807, 2.05) is 26.0 Å². The van der Waals surface area contributed by atoms with Crippen LogP contribution in [0.3, 0.4) is 0 Å². The van der Waals surface area contributed by atoms with E-state index in [0.29, 0.717) is 0 Å². The molecule has 0 spiro atoms. The van der Waals surface area contributed by atoms with Gasteiger partial charge in [-0.25, -0.2) is 8.78 Å². The normalized spacial score (nSPS) is 10.8. The van der Waals surface area contributed by atoms with Crippen LogP contribution in [0.5, 0.6) is 5.75 Å². The number of amides is 1. The molecule has 2 rings (SSSR count). The van der Waals surface area contributed by atoms with Crippen LogP contribution in [0.2, 0.25) is 0 Å². The molecule has 0 heterocycles. The van der Waals surface area contributed by atoms with E-state index in [-0.39, 0.29) is 5.69 Å². The van der Waals surface area contributed by atoms with E-state index in [0.717, 1.165) is 34.6 Å². The van der Waals surface area contributed by atoms with Gasteiger partial charge in [0.1, 0.15) is 17.4 Å². The summed E-state index contributed by atoms with van der Waals surface area (Å²) in [5.41, 5.74) is 2.74. The third kappa shape index (κ3) is 4.16. The first-order valence-corrected chi connectivity index (χ1v) is 7.00. The Morgan fingerprint density at radius 1 is 1.13 bits per heavy atom. The minimum absolute atomic E-state index is 0.0655. The number of carbonyl (C=O) groups excluding carboxylic acids is 1. The lowest BCUT2D eigenvalue weighted by Crippen LogP contribution is -2.09. The molecule has 0 aromatic heterocycles. The van der Waals surface area contributed by atoms with Gasteiger partial charge < -0.3 is 10.1 Å². The molecule has 0 aliphatic heterocycles. The number of halogens is 2. The van der Waals surface area contributed by atoms with Crippen LogP contribution in [0.15, 0.2) is 36.4 Å². The third-order valence-electron chi connectivity index (χ3n) is 3.39. The van der Waals surface area contributed by atoms with Gasteiger partial charge in [0.05, 0.1) is 12.8 Å². The van der Waals surface area contributed by atoms with Crippen molar-refractivity contribution in [3.05, 3.63) is 64.7 Å². The third-order valence-corrected chi connectivity index (χ3v) is 3.39. The maximum atomic E-state index is 13.5. The summed E-state index contributed by atoms with van der Waals surface area (Å²) in [5, 5.41) is 2.38. The lowest BCUT2D eigenvalue weighted by molar-refractivity contribution is -0.111. The van der Waals surface area contributed by atoms with Gasteiger partial charge in [0, 0.05) is 12.1 Å². The minimum atomic E-state index is -0.816. The van der Waals surface area contributed by atoms with Crippen molar-refractivity contribution in [3.63, 3.8) is 0 Å². The fraction of sp³-hybridized carbons (Fsp3) is 0.167. The van der Waals surface area contributed by atoms with Gasteiger partial charge in [0.2, 0.25) is 5.91 Å². The molecule has 0 atom stereocenters. The van der Waals surface area contributed by atoms with Crippen LogP contribution in [0.25, 0.3) is 6.08 Å². The fourth-order valence-corrected chi connectivity index (χ4v) is 2.24. The van der Waals surface area contributed by atoms with E-state index < -0.39 is 17.5 Å². The first-order valence-electron chi connectivity index (χ1n) is 7.00. The van der Waals surface area contributed by atoms with E-state index >= 15 is 0 Å². The van der Waals surface area contributed by atoms with Gasteiger partial charge in [-0.1, -0.05) is 0 Å². The molecule has 5 heteroatoms. The van der Waals surface area contributed by atoms with Crippen molar-refractivity contribution < 1.29 is 18.3 Å². The van der Waals surface area contributed by atoms with Gasteiger partial charge in [-0.05, 0) is 60.9 Å². The average molecular weight is 317 g/mol. The zero-order valence-corrected chi connectivity index (χ0v) is 13.1. The maximum Gasteiger partial charge on any atom is 0.248 e. The van der Waals surface area contributed by atoms with Crippen molar-refractivity contribution >= 4 is 17.7 Å². The number of carbonyl (C=O) groups is 1. The molecule has 0 bridgehead atoms. The smallest absolute Gasteiger partial charge is 0.248 e. The summed E-state index contributed by atoms with van der Waals surface area (Å²) in [6.07, 6.45) is 2.96. The van der Waals surface area contributed by atoms with Crippen LogP contribution in [0, 0.1) is 25.5 Å². The largest absolute Gasteiger partial charge is 0.497 e. The van der Waals surface area contributed by atoms with Crippen molar-refractivity contribution in [2.24, 2.45) is 0 Å². The monoisotopic (exact) mass is 317 g/mol. The molecule has 1 N–H and O–H groups in total. The highest BCUT2D eigenvalue weighted by Crippen LogP contribution is 2.23. The molecule has 23 heavy (non-hydrogen) atoms. The second kappa shape index (κ2) is 7.05. The molecular weight excluding hydrogens is 300 g/mol. The minimum Gasteiger partial charge on any atom is -0.497 e. The van der Waals surface area contributed by atoms with E-state index in [9.17, 15) is 13.6 Å². The van der Waals surface area contributed by atoms with Crippen molar-refractivity contribution in [2.75, 3.05) is 12.4 Å². The Bertz CT molecular complexity index is 747. The number of hydrogen-bond acceptors (Lipinski definition) is 2. The first-order chi connectivity index (χ1) is 10.9. The van der Waals surface area contributed by atoms with Crippen LogP contribution in [0.4, 0.5) is 14.5 Å². The van der Waals surface area contributed by atoms with Crippen molar-refractivity contribution in [2.45, 2.75) is 13.8 Å². The Hall–Kier alpha value is -2.69. The Kier molecular flexibility index (Phi) is 5.11. The Morgan fingerprint density at radius 3 is 2.35 bits per heavy atom. The summed E-state index contributed by atoms with van der Waals surface area (Å²) in [5.74, 6) is -1.26. The predicted octanol–water partition coefficient (Wildman–Crippen LogP) is 4.24. The number of hydrogen-bond donors (Lipinski definition) is 1. The van der Waals surface area contributed by atoms with Crippen LogP contribution < -0.4 is 10.1 Å². The summed E-state index contributed by atoms with van der Waals surface area (Å²) < 4.78 is 31.5. The molecule has 0 fully saturated rings. The Balaban J connectivity index is 2.15. The lowest BCUT2D eigenvalue weighted by atomic mass is 10.0. The molecule has 0 aliphatic carbocycles. The second-order valence-corrected chi connectivity index (χ2v) is 5.12. The van der Waals surface area contributed by atoms with Crippen molar-refractivity contribution in [1.82, 2.24) is 0 Å². The number of nitrogens with one attached hydrogen (secondary N) is 1. The summed E-state index contributed by atoms with van der Waals surface area (Å²) in [6, 6.07) is 6.71. The number of benzene rings is 2. The van der Waals surface area contributed by atoms with Gasteiger partial charge in [0.25, 0.3) is 0 Å². The predicted molar refractivity (Wildman–Crippen MR) is 86.5 cm³/mol. The highest BCUT2D eigenvalue weighted by molar-refractivity contribution is 6.02. The maximum absolute atomic E-state index is 13.5. The number of anilines is 1. The topological polar surface area (TPSA) is 38.3 Å². The molecule has 0 radical (unpaired) electrons. The summed E-state index contributed by atoms with van der Waals surface area (Å²) >= 11 is 0. The van der Waals surface area contributed by atoms with E-state index in [1.165, 1.54) is 12.1 Å². The van der Waals surface area contributed by atoms with E-state index in [4.69, 9.17) is 4.74 Å². The van der Waals surface area contributed by atoms with Crippen LogP contribution in [-0.2, 0) is 4.79 Å². The molecule has 1 amide bonds. The number of ether oxygens (including phenoxy) is 1. The van der Waals surface area contributed by atoms with Gasteiger partial charge in [0.15, 0.2) is 0 Å². The zero-order chi connectivity index (χ0) is 17.0. The molecule has 0 saturated carbocycles. The summed E-state index contributed by atoms with van der Waals surface area (Å²) in [7, 11) is 1.59. The molecular formula is C18H17F2NO2. The molecule has 2 aromatic carbocycles.